The molecule has 0 saturated carbocycles. The lowest BCUT2D eigenvalue weighted by Crippen LogP contribution is -2.33. The molecule has 0 unspecified atom stereocenters. The molecular formula is C21H18FNO5S2. The fourth-order valence-corrected chi connectivity index (χ4v) is 3.95. The van der Waals surface area contributed by atoms with Gasteiger partial charge in [-0.2, -0.15) is 0 Å². The third-order valence-corrected chi connectivity index (χ3v) is 5.45. The maximum atomic E-state index is 13.8. The number of rotatable bonds is 8. The Morgan fingerprint density at radius 3 is 2.70 bits per heavy atom. The van der Waals surface area contributed by atoms with Crippen LogP contribution >= 0.6 is 24.0 Å². The summed E-state index contributed by atoms with van der Waals surface area (Å²) in [5.74, 6) is -1.05. The van der Waals surface area contributed by atoms with Crippen LogP contribution in [0.1, 0.15) is 18.1 Å². The summed E-state index contributed by atoms with van der Waals surface area (Å²) in [5, 5.41) is 8.93. The second kappa shape index (κ2) is 9.73. The maximum Gasteiger partial charge on any atom is 0.323 e. The topological polar surface area (TPSA) is 76.1 Å². The zero-order chi connectivity index (χ0) is 21.7. The van der Waals surface area contributed by atoms with Gasteiger partial charge >= 0.3 is 5.97 Å². The summed E-state index contributed by atoms with van der Waals surface area (Å²) in [4.78, 5) is 24.7. The number of carboxylic acid groups (broad SMARTS) is 1. The molecule has 0 bridgehead atoms. The van der Waals surface area contributed by atoms with Gasteiger partial charge in [-0.1, -0.05) is 48.2 Å². The molecule has 2 aromatic rings. The van der Waals surface area contributed by atoms with Crippen molar-refractivity contribution < 1.29 is 28.6 Å². The highest BCUT2D eigenvalue weighted by Gasteiger charge is 2.33. The van der Waals surface area contributed by atoms with Crippen molar-refractivity contribution in [1.82, 2.24) is 4.90 Å². The van der Waals surface area contributed by atoms with Crippen molar-refractivity contribution in [3.8, 4) is 11.5 Å². The van der Waals surface area contributed by atoms with Gasteiger partial charge in [0, 0.05) is 5.56 Å². The molecule has 0 aliphatic carbocycles. The Hall–Kier alpha value is -2.91. The zero-order valence-corrected chi connectivity index (χ0v) is 17.6. The van der Waals surface area contributed by atoms with Gasteiger partial charge in [-0.15, -0.1) is 0 Å². The number of carboxylic acids is 1. The predicted molar refractivity (Wildman–Crippen MR) is 116 cm³/mol. The van der Waals surface area contributed by atoms with Gasteiger partial charge in [0.25, 0.3) is 5.91 Å². The van der Waals surface area contributed by atoms with Gasteiger partial charge in [0.1, 0.15) is 23.3 Å². The van der Waals surface area contributed by atoms with Crippen molar-refractivity contribution in [2.24, 2.45) is 0 Å². The summed E-state index contributed by atoms with van der Waals surface area (Å²) in [7, 11) is 0. The predicted octanol–water partition coefficient (Wildman–Crippen LogP) is 4.09. The van der Waals surface area contributed by atoms with E-state index < -0.39 is 18.4 Å². The second-order valence-electron chi connectivity index (χ2n) is 6.18. The van der Waals surface area contributed by atoms with Crippen LogP contribution < -0.4 is 9.47 Å². The lowest BCUT2D eigenvalue weighted by molar-refractivity contribution is -0.140. The van der Waals surface area contributed by atoms with Gasteiger partial charge in [0.2, 0.25) is 0 Å². The van der Waals surface area contributed by atoms with Crippen molar-refractivity contribution in [3.63, 3.8) is 0 Å². The van der Waals surface area contributed by atoms with Gasteiger partial charge in [-0.25, -0.2) is 4.39 Å². The Morgan fingerprint density at radius 1 is 1.23 bits per heavy atom. The number of thioether (sulfide) groups is 1. The van der Waals surface area contributed by atoms with E-state index in [1.807, 2.05) is 6.92 Å². The smallest absolute Gasteiger partial charge is 0.323 e. The van der Waals surface area contributed by atoms with E-state index in [4.69, 9.17) is 26.8 Å². The first-order valence-electron chi connectivity index (χ1n) is 8.99. The first kappa shape index (κ1) is 21.8. The lowest BCUT2D eigenvalue weighted by atomic mass is 10.1. The number of halogens is 1. The number of aliphatic carboxylic acids is 1. The van der Waals surface area contributed by atoms with Crippen molar-refractivity contribution >= 4 is 46.3 Å². The Bertz CT molecular complexity index is 1020. The summed E-state index contributed by atoms with van der Waals surface area (Å²) in [5.41, 5.74) is 1.08. The molecular weight excluding hydrogens is 429 g/mol. The van der Waals surface area contributed by atoms with Gasteiger partial charge < -0.3 is 14.6 Å². The highest BCUT2D eigenvalue weighted by molar-refractivity contribution is 8.26. The molecule has 1 saturated heterocycles. The van der Waals surface area contributed by atoms with E-state index in [0.29, 0.717) is 34.1 Å². The van der Waals surface area contributed by atoms with E-state index >= 15 is 0 Å². The molecule has 0 atom stereocenters. The molecule has 6 nitrogen and oxygen atoms in total. The molecule has 0 radical (unpaired) electrons. The minimum absolute atomic E-state index is 0.0416. The average Bonchev–Trinajstić information content (AvgIpc) is 2.96. The average molecular weight is 448 g/mol. The Kier molecular flexibility index (Phi) is 7.07. The molecule has 2 aromatic carbocycles. The molecule has 1 fully saturated rings. The molecule has 1 N–H and O–H groups in total. The zero-order valence-electron chi connectivity index (χ0n) is 16.0. The van der Waals surface area contributed by atoms with Gasteiger partial charge in [0.05, 0.1) is 11.5 Å². The minimum atomic E-state index is -1.14. The molecule has 3 rings (SSSR count). The molecule has 30 heavy (non-hydrogen) atoms. The molecule has 9 heteroatoms. The number of nitrogens with zero attached hydrogens (tertiary/aromatic N) is 1. The summed E-state index contributed by atoms with van der Waals surface area (Å²) < 4.78 is 25.4. The van der Waals surface area contributed by atoms with E-state index in [2.05, 4.69) is 0 Å². The standard InChI is InChI=1S/C21H18FNO5S2/c1-2-27-17-9-13(10-18-20(26)23(11-19(24)25)21(29)30-18)7-8-16(17)28-12-14-5-3-4-6-15(14)22/h3-10H,2,11-12H2,1H3,(H,24,25)/b18-10-. The highest BCUT2D eigenvalue weighted by atomic mass is 32.2. The Morgan fingerprint density at radius 2 is 2.00 bits per heavy atom. The number of benzene rings is 2. The number of amides is 1. The van der Waals surface area contributed by atoms with Crippen LogP contribution in [0.15, 0.2) is 47.4 Å². The molecule has 1 heterocycles. The van der Waals surface area contributed by atoms with Crippen LogP contribution in [0.2, 0.25) is 0 Å². The van der Waals surface area contributed by atoms with Crippen molar-refractivity contribution in [2.75, 3.05) is 13.2 Å². The summed E-state index contributed by atoms with van der Waals surface area (Å²) in [6.07, 6.45) is 1.62. The first-order chi connectivity index (χ1) is 14.4. The van der Waals surface area contributed by atoms with E-state index in [-0.39, 0.29) is 16.7 Å². The summed E-state index contributed by atoms with van der Waals surface area (Å²) >= 11 is 6.14. The van der Waals surface area contributed by atoms with Gasteiger partial charge in [-0.05, 0) is 36.8 Å². The Labute approximate surface area is 182 Å². The van der Waals surface area contributed by atoms with Crippen LogP contribution in [0.25, 0.3) is 6.08 Å². The number of hydrogen-bond acceptors (Lipinski definition) is 6. The van der Waals surface area contributed by atoms with E-state index in [0.717, 1.165) is 16.7 Å². The highest BCUT2D eigenvalue weighted by Crippen LogP contribution is 2.35. The molecule has 1 amide bonds. The molecule has 1 aliphatic heterocycles. The largest absolute Gasteiger partial charge is 0.490 e. The fourth-order valence-electron chi connectivity index (χ4n) is 2.70. The van der Waals surface area contributed by atoms with E-state index in [1.165, 1.54) is 6.07 Å². The van der Waals surface area contributed by atoms with Gasteiger partial charge in [0.15, 0.2) is 11.5 Å². The molecule has 0 aromatic heterocycles. The quantitative estimate of drug-likeness (QED) is 0.483. The van der Waals surface area contributed by atoms with Crippen LogP contribution in [0.4, 0.5) is 4.39 Å². The van der Waals surface area contributed by atoms with E-state index in [1.54, 1.807) is 42.5 Å². The maximum absolute atomic E-state index is 13.8. The molecule has 156 valence electrons. The monoisotopic (exact) mass is 447 g/mol. The summed E-state index contributed by atoms with van der Waals surface area (Å²) in [6, 6.07) is 11.4. The lowest BCUT2D eigenvalue weighted by Gasteiger charge is -2.13. The van der Waals surface area contributed by atoms with Crippen LogP contribution in [-0.2, 0) is 16.2 Å². The number of carbonyl (C=O) groups is 2. The SMILES string of the molecule is CCOc1cc(/C=C2\SC(=S)N(CC(=O)O)C2=O)ccc1OCc1ccccc1F. The number of thiocarbonyl (C=S) groups is 1. The van der Waals surface area contributed by atoms with Crippen LogP contribution in [0, 0.1) is 5.82 Å². The van der Waals surface area contributed by atoms with Crippen molar-refractivity contribution in [2.45, 2.75) is 13.5 Å². The van der Waals surface area contributed by atoms with Crippen molar-refractivity contribution in [1.29, 1.82) is 0 Å². The fraction of sp³-hybridized carbons (Fsp3) is 0.190. The molecule has 0 spiro atoms. The first-order valence-corrected chi connectivity index (χ1v) is 10.2. The van der Waals surface area contributed by atoms with Crippen LogP contribution in [0.5, 0.6) is 11.5 Å². The third kappa shape index (κ3) is 5.17. The van der Waals surface area contributed by atoms with Crippen LogP contribution in [-0.4, -0.2) is 39.4 Å². The molecule has 1 aliphatic rings. The number of carbonyl (C=O) groups excluding carboxylic acids is 1. The minimum Gasteiger partial charge on any atom is -0.490 e. The van der Waals surface area contributed by atoms with Gasteiger partial charge in [-0.3, -0.25) is 14.5 Å². The Balaban J connectivity index is 1.80. The third-order valence-electron chi connectivity index (χ3n) is 4.07. The van der Waals surface area contributed by atoms with E-state index in [9.17, 15) is 14.0 Å². The van der Waals surface area contributed by atoms with Crippen LogP contribution in [0.3, 0.4) is 0 Å². The number of hydrogen-bond donors (Lipinski definition) is 1. The second-order valence-corrected chi connectivity index (χ2v) is 7.86. The normalized spacial score (nSPS) is 15.0. The van der Waals surface area contributed by atoms with Crippen molar-refractivity contribution in [3.05, 3.63) is 64.3 Å². The number of ether oxygens (including phenoxy) is 2. The summed E-state index contributed by atoms with van der Waals surface area (Å²) in [6.45, 7) is 1.78.